The summed E-state index contributed by atoms with van der Waals surface area (Å²) in [6.45, 7) is 6.56. The number of hydrogen-bond acceptors (Lipinski definition) is 7. The van der Waals surface area contributed by atoms with Crippen LogP contribution in [0, 0.1) is 6.92 Å². The molecule has 7 nitrogen and oxygen atoms in total. The maximum atomic E-state index is 12.0. The second-order valence-corrected chi connectivity index (χ2v) is 11.8. The van der Waals surface area contributed by atoms with Crippen LogP contribution in [-0.2, 0) is 21.2 Å². The first-order valence-electron chi connectivity index (χ1n) is 12.5. The lowest BCUT2D eigenvalue weighted by Gasteiger charge is -2.42. The van der Waals surface area contributed by atoms with E-state index in [0.717, 1.165) is 56.5 Å². The molecule has 2 saturated heterocycles. The molecule has 2 fully saturated rings. The second-order valence-electron chi connectivity index (χ2n) is 9.83. The molecule has 1 aromatic heterocycles. The lowest BCUT2D eigenvalue weighted by Crippen LogP contribution is -2.50. The number of rotatable bonds is 6. The molecule has 0 N–H and O–H groups in total. The predicted octanol–water partition coefficient (Wildman–Crippen LogP) is 3.99. The topological polar surface area (TPSA) is 75.6 Å². The van der Waals surface area contributed by atoms with Crippen molar-refractivity contribution >= 4 is 26.7 Å². The van der Waals surface area contributed by atoms with Gasteiger partial charge in [0.05, 0.1) is 28.8 Å². The van der Waals surface area contributed by atoms with E-state index >= 15 is 0 Å². The number of nitrogens with zero attached hydrogens (tertiary/aromatic N) is 4. The molecule has 8 heteroatoms. The van der Waals surface area contributed by atoms with Gasteiger partial charge in [-0.15, -0.1) is 0 Å². The molecule has 0 amide bonds. The Balaban J connectivity index is 1.21. The fraction of sp³-hybridized carbons (Fsp3) is 0.481. The van der Waals surface area contributed by atoms with E-state index in [1.54, 1.807) is 12.1 Å². The van der Waals surface area contributed by atoms with Crippen LogP contribution in [0.25, 0.3) is 10.9 Å². The molecule has 0 bridgehead atoms. The summed E-state index contributed by atoms with van der Waals surface area (Å²) in [5, 5.41) is 0.894. The fourth-order valence-electron chi connectivity index (χ4n) is 5.28. The zero-order chi connectivity index (χ0) is 24.4. The SMILES string of the molecule is Cc1nc(N2CCC(N3CCC[C@H](OCc4ccccc4)C3)CC2)nc2cc(S(C)(=O)=O)ccc12. The standard InChI is InChI=1S/C27H34N4O3S/c1-20-25-11-10-24(35(2,32)33)17-26(25)29-27(28-20)30-15-12-22(13-16-30)31-14-6-9-23(18-31)34-19-21-7-4-3-5-8-21/h3-5,7-8,10-11,17,22-23H,6,9,12-16,18-19H2,1-2H3/t23-/m0/s1. The minimum Gasteiger partial charge on any atom is -0.372 e. The number of piperidine rings is 2. The minimum absolute atomic E-state index is 0.289. The Kier molecular flexibility index (Phi) is 7.05. The molecule has 1 atom stereocenters. The van der Waals surface area contributed by atoms with Gasteiger partial charge in [-0.3, -0.25) is 4.90 Å². The van der Waals surface area contributed by atoms with Gasteiger partial charge in [0.2, 0.25) is 5.95 Å². The Hall–Kier alpha value is -2.55. The molecule has 2 aliphatic rings. The number of likely N-dealkylation sites (tertiary alicyclic amines) is 1. The van der Waals surface area contributed by atoms with Crippen LogP contribution in [0.4, 0.5) is 5.95 Å². The number of anilines is 1. The molecule has 35 heavy (non-hydrogen) atoms. The third-order valence-corrected chi connectivity index (χ3v) is 8.39. The van der Waals surface area contributed by atoms with Crippen LogP contribution >= 0.6 is 0 Å². The Morgan fingerprint density at radius 3 is 2.51 bits per heavy atom. The number of hydrogen-bond donors (Lipinski definition) is 0. The maximum Gasteiger partial charge on any atom is 0.226 e. The summed E-state index contributed by atoms with van der Waals surface area (Å²) in [5.41, 5.74) is 2.79. The molecule has 3 aromatic rings. The second kappa shape index (κ2) is 10.2. The third kappa shape index (κ3) is 5.66. The van der Waals surface area contributed by atoms with Gasteiger partial charge in [0.1, 0.15) is 0 Å². The summed E-state index contributed by atoms with van der Waals surface area (Å²) < 4.78 is 30.3. The molecule has 3 heterocycles. The van der Waals surface area contributed by atoms with Crippen molar-refractivity contribution in [3.8, 4) is 0 Å². The normalized spacial score (nSPS) is 20.4. The first-order chi connectivity index (χ1) is 16.9. The Morgan fingerprint density at radius 1 is 1.00 bits per heavy atom. The molecule has 186 valence electrons. The molecule has 0 spiro atoms. The van der Waals surface area contributed by atoms with Crippen LogP contribution < -0.4 is 4.90 Å². The van der Waals surface area contributed by atoms with Crippen LogP contribution in [0.2, 0.25) is 0 Å². The van der Waals surface area contributed by atoms with Crippen molar-refractivity contribution in [3.63, 3.8) is 0 Å². The van der Waals surface area contributed by atoms with E-state index in [-0.39, 0.29) is 6.10 Å². The number of aryl methyl sites for hydroxylation is 1. The van der Waals surface area contributed by atoms with Gasteiger partial charge in [0.25, 0.3) is 0 Å². The zero-order valence-corrected chi connectivity index (χ0v) is 21.4. The van der Waals surface area contributed by atoms with Crippen LogP contribution in [0.3, 0.4) is 0 Å². The van der Waals surface area contributed by atoms with Crippen molar-refractivity contribution in [2.24, 2.45) is 0 Å². The first-order valence-corrected chi connectivity index (χ1v) is 14.4. The van der Waals surface area contributed by atoms with Crippen molar-refractivity contribution in [3.05, 3.63) is 59.8 Å². The average molecular weight is 495 g/mol. The summed E-state index contributed by atoms with van der Waals surface area (Å²) in [4.78, 5) is 14.7. The number of fused-ring (bicyclic) bond motifs is 1. The molecular formula is C27H34N4O3S. The van der Waals surface area contributed by atoms with Crippen molar-refractivity contribution in [1.82, 2.24) is 14.9 Å². The van der Waals surface area contributed by atoms with E-state index in [2.05, 4.69) is 34.1 Å². The van der Waals surface area contributed by atoms with Crippen molar-refractivity contribution in [2.75, 3.05) is 37.3 Å². The average Bonchev–Trinajstić information content (AvgIpc) is 2.87. The molecular weight excluding hydrogens is 460 g/mol. The molecule has 2 aliphatic heterocycles. The first kappa shape index (κ1) is 24.2. The molecule has 2 aromatic carbocycles. The Bertz CT molecular complexity index is 1270. The van der Waals surface area contributed by atoms with Crippen LogP contribution in [0.1, 0.15) is 36.9 Å². The molecule has 0 radical (unpaired) electrons. The largest absolute Gasteiger partial charge is 0.372 e. The van der Waals surface area contributed by atoms with Crippen molar-refractivity contribution in [1.29, 1.82) is 0 Å². The summed E-state index contributed by atoms with van der Waals surface area (Å²) in [6.07, 6.45) is 5.95. The minimum atomic E-state index is -3.28. The maximum absolute atomic E-state index is 12.0. The monoisotopic (exact) mass is 494 g/mol. The van der Waals surface area contributed by atoms with Gasteiger partial charge in [-0.05, 0) is 62.9 Å². The van der Waals surface area contributed by atoms with Crippen LogP contribution in [0.5, 0.6) is 0 Å². The van der Waals surface area contributed by atoms with Gasteiger partial charge in [-0.25, -0.2) is 18.4 Å². The van der Waals surface area contributed by atoms with E-state index in [4.69, 9.17) is 14.7 Å². The lowest BCUT2D eigenvalue weighted by atomic mass is 9.99. The van der Waals surface area contributed by atoms with E-state index in [1.165, 1.54) is 18.2 Å². The fourth-order valence-corrected chi connectivity index (χ4v) is 5.92. The number of sulfone groups is 1. The molecule has 0 saturated carbocycles. The number of aromatic nitrogens is 2. The van der Waals surface area contributed by atoms with Gasteiger partial charge in [0.15, 0.2) is 9.84 Å². The van der Waals surface area contributed by atoms with E-state index in [0.29, 0.717) is 29.0 Å². The summed E-state index contributed by atoms with van der Waals surface area (Å²) in [6, 6.07) is 16.1. The van der Waals surface area contributed by atoms with E-state index in [9.17, 15) is 8.42 Å². The van der Waals surface area contributed by atoms with Gasteiger partial charge < -0.3 is 9.64 Å². The summed E-state index contributed by atoms with van der Waals surface area (Å²) >= 11 is 0. The van der Waals surface area contributed by atoms with E-state index < -0.39 is 9.84 Å². The summed E-state index contributed by atoms with van der Waals surface area (Å²) in [5.74, 6) is 0.696. The van der Waals surface area contributed by atoms with Gasteiger partial charge in [-0.2, -0.15) is 0 Å². The van der Waals surface area contributed by atoms with Crippen LogP contribution in [-0.4, -0.2) is 67.9 Å². The Morgan fingerprint density at radius 2 is 1.77 bits per heavy atom. The highest BCUT2D eigenvalue weighted by atomic mass is 32.2. The quantitative estimate of drug-likeness (QED) is 0.513. The molecule has 0 aliphatic carbocycles. The zero-order valence-electron chi connectivity index (χ0n) is 20.6. The summed E-state index contributed by atoms with van der Waals surface area (Å²) in [7, 11) is -3.28. The smallest absolute Gasteiger partial charge is 0.226 e. The van der Waals surface area contributed by atoms with Crippen LogP contribution in [0.15, 0.2) is 53.4 Å². The van der Waals surface area contributed by atoms with Gasteiger partial charge >= 0.3 is 0 Å². The highest BCUT2D eigenvalue weighted by molar-refractivity contribution is 7.90. The lowest BCUT2D eigenvalue weighted by molar-refractivity contribution is -0.0241. The third-order valence-electron chi connectivity index (χ3n) is 7.28. The molecule has 5 rings (SSSR count). The predicted molar refractivity (Wildman–Crippen MR) is 138 cm³/mol. The number of benzene rings is 2. The number of ether oxygens (including phenoxy) is 1. The van der Waals surface area contributed by atoms with E-state index in [1.807, 2.05) is 19.1 Å². The molecule has 0 unspecified atom stereocenters. The highest BCUT2D eigenvalue weighted by Gasteiger charge is 2.30. The Labute approximate surface area is 208 Å². The van der Waals surface area contributed by atoms with Crippen molar-refractivity contribution < 1.29 is 13.2 Å². The highest BCUT2D eigenvalue weighted by Crippen LogP contribution is 2.27. The van der Waals surface area contributed by atoms with Crippen molar-refractivity contribution in [2.45, 2.75) is 56.3 Å². The van der Waals surface area contributed by atoms with Gasteiger partial charge in [-0.1, -0.05) is 30.3 Å². The van der Waals surface area contributed by atoms with Gasteiger partial charge in [0, 0.05) is 37.3 Å².